The van der Waals surface area contributed by atoms with Gasteiger partial charge in [0.25, 0.3) is 0 Å². The van der Waals surface area contributed by atoms with Crippen molar-refractivity contribution in [2.45, 2.75) is 5.52 Å². The van der Waals surface area contributed by atoms with Crippen LogP contribution >= 0.6 is 15.2 Å². The van der Waals surface area contributed by atoms with Crippen LogP contribution in [0.15, 0.2) is 10.8 Å². The lowest BCUT2D eigenvalue weighted by atomic mass is 11.1. The molecule has 10 nitrogen and oxygen atoms in total. The summed E-state index contributed by atoms with van der Waals surface area (Å²) < 4.78 is 25.9. The Hall–Kier alpha value is -0.760. The molecular formula is C3H7N3O7P2. The van der Waals surface area contributed by atoms with E-state index < -0.39 is 26.7 Å². The Morgan fingerprint density at radius 2 is 1.80 bits per heavy atom. The minimum absolute atomic E-state index is 0.494. The summed E-state index contributed by atoms with van der Waals surface area (Å²) in [5.74, 6) is 0. The van der Waals surface area contributed by atoms with E-state index in [0.29, 0.717) is 0 Å². The van der Waals surface area contributed by atoms with Gasteiger partial charge in [0, 0.05) is 0 Å². The molecule has 1 heterocycles. The van der Waals surface area contributed by atoms with Gasteiger partial charge in [0.1, 0.15) is 0 Å². The molecule has 12 heteroatoms. The predicted octanol–water partition coefficient (Wildman–Crippen LogP) is -0.880. The zero-order valence-electron chi connectivity index (χ0n) is 6.96. The molecule has 0 aliphatic heterocycles. The molecule has 1 aromatic heterocycles. The van der Waals surface area contributed by atoms with Gasteiger partial charge in [0.2, 0.25) is 11.9 Å². The van der Waals surface area contributed by atoms with E-state index in [2.05, 4.69) is 14.6 Å². The maximum atomic E-state index is 10.8. The van der Waals surface area contributed by atoms with Gasteiger partial charge in [0.05, 0.1) is 0 Å². The van der Waals surface area contributed by atoms with Crippen LogP contribution in [0.5, 0.6) is 0 Å². The molecule has 0 atom stereocenters. The van der Waals surface area contributed by atoms with Gasteiger partial charge in [-0.05, 0) is 0 Å². The van der Waals surface area contributed by atoms with Crippen molar-refractivity contribution in [3.63, 3.8) is 0 Å². The first kappa shape index (κ1) is 12.3. The van der Waals surface area contributed by atoms with Crippen molar-refractivity contribution >= 4 is 21.2 Å². The van der Waals surface area contributed by atoms with Crippen LogP contribution in [-0.2, 0) is 9.13 Å². The van der Waals surface area contributed by atoms with Gasteiger partial charge >= 0.3 is 21.2 Å². The molecule has 0 saturated heterocycles. The average molecular weight is 259 g/mol. The molecule has 15 heavy (non-hydrogen) atoms. The second-order valence-electron chi connectivity index (χ2n) is 2.44. The van der Waals surface area contributed by atoms with E-state index >= 15 is 0 Å². The van der Waals surface area contributed by atoms with Gasteiger partial charge in [-0.15, -0.1) is 5.10 Å². The topological polar surface area (TPSA) is 166 Å². The summed E-state index contributed by atoms with van der Waals surface area (Å²) in [6.45, 7) is 0. The molecule has 86 valence electrons. The maximum absolute atomic E-state index is 10.8. The fourth-order valence-electron chi connectivity index (χ4n) is 0.711. The highest BCUT2D eigenvalue weighted by molar-refractivity contribution is 7.71. The molecule has 1 aromatic rings. The second kappa shape index (κ2) is 4.01. The minimum Gasteiger partial charge on any atom is -0.411 e. The van der Waals surface area contributed by atoms with E-state index in [9.17, 15) is 9.13 Å². The van der Waals surface area contributed by atoms with Gasteiger partial charge in [-0.3, -0.25) is 9.13 Å². The monoisotopic (exact) mass is 259 g/mol. The summed E-state index contributed by atoms with van der Waals surface area (Å²) in [4.78, 5) is 34.7. The number of nitrogens with zero attached hydrogens (tertiary/aromatic N) is 2. The average Bonchev–Trinajstić information content (AvgIpc) is 2.46. The summed E-state index contributed by atoms with van der Waals surface area (Å²) in [5.41, 5.74) is -2.40. The standard InChI is InChI=1S/C3H7N3O7P2/c7-14(8,9)3(15(10,11)12)5-2-6-4-1-13-2/h1,3H,(H,5,6)(H2,7,8,9)(H2,10,11,12). The van der Waals surface area contributed by atoms with Gasteiger partial charge in [0.15, 0.2) is 0 Å². The smallest absolute Gasteiger partial charge is 0.360 e. The Balaban J connectivity index is 2.95. The highest BCUT2D eigenvalue weighted by atomic mass is 31.2. The number of anilines is 1. The van der Waals surface area contributed by atoms with Crippen molar-refractivity contribution in [2.75, 3.05) is 5.32 Å². The third-order valence-electron chi connectivity index (χ3n) is 1.25. The van der Waals surface area contributed by atoms with Crippen molar-refractivity contribution in [3.05, 3.63) is 6.39 Å². The fourth-order valence-corrected chi connectivity index (χ4v) is 2.84. The van der Waals surface area contributed by atoms with E-state index in [1.165, 1.54) is 0 Å². The SMILES string of the molecule is O=P(O)(O)C(Nc1nnco1)P(=O)(O)O. The van der Waals surface area contributed by atoms with Crippen molar-refractivity contribution < 1.29 is 33.1 Å². The Bertz CT molecular complexity index is 383. The van der Waals surface area contributed by atoms with Crippen LogP contribution in [0, 0.1) is 0 Å². The number of hydrogen-bond donors (Lipinski definition) is 5. The molecular weight excluding hydrogens is 252 g/mol. The number of rotatable bonds is 4. The third kappa shape index (κ3) is 3.38. The molecule has 0 saturated carbocycles. The van der Waals surface area contributed by atoms with Gasteiger partial charge in [-0.25, -0.2) is 0 Å². The highest BCUT2D eigenvalue weighted by Crippen LogP contribution is 2.59. The predicted molar refractivity (Wildman–Crippen MR) is 45.8 cm³/mol. The van der Waals surface area contributed by atoms with Crippen LogP contribution in [0.2, 0.25) is 0 Å². The summed E-state index contributed by atoms with van der Waals surface area (Å²) >= 11 is 0. The molecule has 0 spiro atoms. The Morgan fingerprint density at radius 3 is 2.13 bits per heavy atom. The zero-order valence-corrected chi connectivity index (χ0v) is 8.75. The van der Waals surface area contributed by atoms with Gasteiger partial charge < -0.3 is 29.3 Å². The number of aromatic nitrogens is 2. The van der Waals surface area contributed by atoms with Crippen molar-refractivity contribution in [1.82, 2.24) is 10.2 Å². The minimum atomic E-state index is -5.04. The molecule has 0 amide bonds. The molecule has 0 bridgehead atoms. The van der Waals surface area contributed by atoms with E-state index in [1.54, 1.807) is 5.32 Å². The van der Waals surface area contributed by atoms with Gasteiger partial charge in [-0.1, -0.05) is 5.10 Å². The molecule has 1 rings (SSSR count). The maximum Gasteiger partial charge on any atom is 0.360 e. The van der Waals surface area contributed by atoms with Crippen molar-refractivity contribution in [3.8, 4) is 0 Å². The fraction of sp³-hybridized carbons (Fsp3) is 0.333. The Morgan fingerprint density at radius 1 is 1.27 bits per heavy atom. The molecule has 5 N–H and O–H groups in total. The summed E-state index contributed by atoms with van der Waals surface area (Å²) in [7, 11) is -10.1. The molecule has 0 aromatic carbocycles. The lowest BCUT2D eigenvalue weighted by molar-refractivity contribution is 0.342. The first-order valence-corrected chi connectivity index (χ1v) is 6.70. The van der Waals surface area contributed by atoms with E-state index in [4.69, 9.17) is 19.6 Å². The number of hydrogen-bond acceptors (Lipinski definition) is 6. The summed E-state index contributed by atoms with van der Waals surface area (Å²) in [6.07, 6.45) is 0.832. The molecule has 0 aliphatic carbocycles. The Kier molecular flexibility index (Phi) is 3.29. The highest BCUT2D eigenvalue weighted by Gasteiger charge is 2.44. The normalized spacial score (nSPS) is 13.1. The van der Waals surface area contributed by atoms with Gasteiger partial charge in [-0.2, -0.15) is 0 Å². The molecule has 0 aliphatic rings. The van der Waals surface area contributed by atoms with Crippen LogP contribution in [0.25, 0.3) is 0 Å². The lowest BCUT2D eigenvalue weighted by Crippen LogP contribution is -2.20. The lowest BCUT2D eigenvalue weighted by Gasteiger charge is -2.19. The largest absolute Gasteiger partial charge is 0.411 e. The van der Waals surface area contributed by atoms with Crippen molar-refractivity contribution in [2.24, 2.45) is 0 Å². The zero-order chi connectivity index (χ0) is 11.7. The second-order valence-corrected chi connectivity index (χ2v) is 6.24. The van der Waals surface area contributed by atoms with Crippen LogP contribution in [0.1, 0.15) is 0 Å². The first-order valence-electron chi connectivity index (χ1n) is 3.34. The van der Waals surface area contributed by atoms with Crippen molar-refractivity contribution in [1.29, 1.82) is 0 Å². The summed E-state index contributed by atoms with van der Waals surface area (Å²) in [5, 5.41) is 8.10. The van der Waals surface area contributed by atoms with E-state index in [1.807, 2.05) is 0 Å². The molecule has 0 fully saturated rings. The summed E-state index contributed by atoms with van der Waals surface area (Å²) in [6, 6.07) is -0.494. The quantitative estimate of drug-likeness (QED) is 0.428. The van der Waals surface area contributed by atoms with Crippen LogP contribution < -0.4 is 5.32 Å². The third-order valence-corrected chi connectivity index (χ3v) is 4.59. The van der Waals surface area contributed by atoms with E-state index in [-0.39, 0.29) is 0 Å². The van der Waals surface area contributed by atoms with Crippen LogP contribution in [0.3, 0.4) is 0 Å². The Labute approximate surface area is 82.7 Å². The van der Waals surface area contributed by atoms with Crippen LogP contribution in [0.4, 0.5) is 6.01 Å². The molecule has 0 unspecified atom stereocenters. The van der Waals surface area contributed by atoms with Crippen LogP contribution in [-0.4, -0.2) is 35.3 Å². The number of nitrogens with one attached hydrogen (secondary N) is 1. The first-order chi connectivity index (χ1) is 6.71. The molecule has 0 radical (unpaired) electrons. The van der Waals surface area contributed by atoms with E-state index in [0.717, 1.165) is 6.39 Å².